The average molecular weight is 1400 g/mol. The summed E-state index contributed by atoms with van der Waals surface area (Å²) in [6, 6.07) is 6.84. The Labute approximate surface area is 569 Å². The van der Waals surface area contributed by atoms with Crippen LogP contribution in [0.1, 0.15) is 248 Å². The van der Waals surface area contributed by atoms with E-state index in [0.29, 0.717) is 99.4 Å². The van der Waals surface area contributed by atoms with E-state index in [1.165, 1.54) is 17.7 Å². The Hall–Kier alpha value is -7.14. The van der Waals surface area contributed by atoms with Crippen LogP contribution in [-0.2, 0) is 80.1 Å². The number of ether oxygens (including phenoxy) is 1. The number of piperidine rings is 3. The van der Waals surface area contributed by atoms with Gasteiger partial charge in [-0.05, 0) is 192 Å². The summed E-state index contributed by atoms with van der Waals surface area (Å²) in [5.41, 5.74) is 10.3. The van der Waals surface area contributed by atoms with Gasteiger partial charge in [0.1, 0.15) is 28.9 Å². The summed E-state index contributed by atoms with van der Waals surface area (Å²) in [4.78, 5) is 48.2. The first-order valence-electron chi connectivity index (χ1n) is 35.0. The molecule has 3 aromatic heterocycles. The fourth-order valence-electron chi connectivity index (χ4n) is 18.0. The summed E-state index contributed by atoms with van der Waals surface area (Å²) < 4.78 is 150. The first-order valence-corrected chi connectivity index (χ1v) is 39.4. The Morgan fingerprint density at radius 2 is 0.929 bits per heavy atom. The van der Waals surface area contributed by atoms with Gasteiger partial charge >= 0.3 is 18.1 Å². The van der Waals surface area contributed by atoms with Crippen molar-refractivity contribution in [1.29, 1.82) is 0 Å². The van der Waals surface area contributed by atoms with E-state index < -0.39 is 93.8 Å². The Balaban J connectivity index is 0.614. The van der Waals surface area contributed by atoms with Crippen LogP contribution in [0.15, 0.2) is 64.9 Å². The lowest BCUT2D eigenvalue weighted by Gasteiger charge is -2.38. The molecule has 13 aliphatic rings. The third kappa shape index (κ3) is 11.7. The molecule has 522 valence electrons. The van der Waals surface area contributed by atoms with Crippen LogP contribution in [0.3, 0.4) is 0 Å². The van der Waals surface area contributed by atoms with E-state index in [9.17, 15) is 39.6 Å². The van der Waals surface area contributed by atoms with Gasteiger partial charge in [-0.2, -0.15) is 25.3 Å². The van der Waals surface area contributed by atoms with Crippen molar-refractivity contribution in [2.45, 2.75) is 219 Å². The zero-order chi connectivity index (χ0) is 68.0. The van der Waals surface area contributed by atoms with Crippen LogP contribution in [-0.4, -0.2) is 97.4 Å². The fourth-order valence-corrected chi connectivity index (χ4v) is 20.6. The predicted octanol–water partition coefficient (Wildman–Crippen LogP) is 12.8. The molecular formula is C71H83F2N9O13S3. The monoisotopic (exact) mass is 1400 g/mol. The van der Waals surface area contributed by atoms with Gasteiger partial charge in [0.2, 0.25) is 15.3 Å². The first-order chi connectivity index (χ1) is 46.9. The molecule has 19 rings (SSSR count). The van der Waals surface area contributed by atoms with Gasteiger partial charge in [-0.25, -0.2) is 37.3 Å². The highest BCUT2D eigenvalue weighted by molar-refractivity contribution is 7.90. The summed E-state index contributed by atoms with van der Waals surface area (Å²) in [5.74, 6) is -1.66. The third-order valence-corrected chi connectivity index (χ3v) is 26.3. The molecule has 27 heteroatoms. The molecule has 0 spiro atoms. The third-order valence-electron chi connectivity index (χ3n) is 22.7. The molecule has 4 saturated heterocycles. The number of hydrogen-bond donors (Lipinski definition) is 6. The highest BCUT2D eigenvalue weighted by atomic mass is 32.2. The minimum atomic E-state index is -4.65. The van der Waals surface area contributed by atoms with E-state index in [2.05, 4.69) is 53.4 Å². The van der Waals surface area contributed by atoms with Gasteiger partial charge in [-0.15, -0.1) is 0 Å². The van der Waals surface area contributed by atoms with Crippen LogP contribution < -0.4 is 30.1 Å². The molecule has 0 radical (unpaired) electrons. The zero-order valence-corrected chi connectivity index (χ0v) is 57.9. The van der Waals surface area contributed by atoms with E-state index in [1.807, 2.05) is 9.62 Å². The molecule has 22 nitrogen and oxygen atoms in total. The quantitative estimate of drug-likeness (QED) is 0.0557. The van der Waals surface area contributed by atoms with Crippen LogP contribution in [0.2, 0.25) is 0 Å². The molecule has 6 bridgehead atoms. The number of carbonyl (C=O) groups excluding carboxylic acids is 3. The molecule has 3 aromatic carbocycles. The second-order valence-electron chi connectivity index (χ2n) is 29.5. The molecule has 98 heavy (non-hydrogen) atoms. The van der Waals surface area contributed by atoms with Gasteiger partial charge in [0.05, 0.1) is 5.69 Å². The minimum Gasteiger partial charge on any atom is -0.447 e. The zero-order valence-electron chi connectivity index (χ0n) is 55.5. The van der Waals surface area contributed by atoms with Crippen molar-refractivity contribution < 1.29 is 66.4 Å². The van der Waals surface area contributed by atoms with Crippen molar-refractivity contribution >= 4 is 65.2 Å². The van der Waals surface area contributed by atoms with Crippen molar-refractivity contribution in [1.82, 2.24) is 28.9 Å². The maximum Gasteiger partial charge on any atom is 0.333 e. The number of rotatable bonds is 15. The van der Waals surface area contributed by atoms with Crippen LogP contribution in [0.4, 0.5) is 40.2 Å². The summed E-state index contributed by atoms with van der Waals surface area (Å²) >= 11 is 0. The van der Waals surface area contributed by atoms with E-state index in [4.69, 9.17) is 18.0 Å². The number of fused-ring (bicyclic) bond motifs is 8. The largest absolute Gasteiger partial charge is 0.447 e. The molecular weight excluding hydrogens is 1320 g/mol. The lowest BCUT2D eigenvalue weighted by Crippen LogP contribution is -2.37. The normalized spacial score (nSPS) is 24.9. The van der Waals surface area contributed by atoms with Crippen molar-refractivity contribution in [3.63, 3.8) is 0 Å². The Morgan fingerprint density at radius 3 is 1.48 bits per heavy atom. The van der Waals surface area contributed by atoms with E-state index in [0.717, 1.165) is 134 Å². The summed E-state index contributed by atoms with van der Waals surface area (Å²) in [6.07, 6.45) is 12.0. The molecule has 1 saturated carbocycles. The maximum atomic E-state index is 17.6. The number of halogens is 2. The lowest BCUT2D eigenvalue weighted by molar-refractivity contribution is 0.0853. The lowest BCUT2D eigenvalue weighted by atomic mass is 9.80. The van der Waals surface area contributed by atoms with Gasteiger partial charge in [0.25, 0.3) is 30.1 Å². The van der Waals surface area contributed by atoms with Gasteiger partial charge in [0.15, 0.2) is 0 Å². The van der Waals surface area contributed by atoms with Crippen molar-refractivity contribution in [2.24, 2.45) is 0 Å². The first kappa shape index (κ1) is 65.5. The number of carbonyl (C=O) groups is 3. The standard InChI is InChI=1S/C71H83F2N9O13S3/c1-36(2)58-61(72)60(62(73)59(37(3)4)65(58)76-71(85)79-96(86,87)55-29-44-33-80-21-15-41(16-22-80)66(44)93-55)54-28-43-18-24-82(54)35-46-31-57(95-68(43)46)98(90,91)78-70(84)75-64-50-10-6-9-49(50)52(32-51(64)40-19-25-92-26-20-40)53-27-42-17-23-81(53)34-45-30-56(94-67(42)45)97(88,89)77-69(83)74-63-47-8-5-7-38(47)13-14-48(63)39-11-12-39/h13-14,29-32,36-37,39-43,53-54H,5-12,15-28,33-35H2,1-4H3,(H2,74,77,83)(H2,75,78,84)(H2,76,79,85). The number of nitrogens with one attached hydrogen (secondary N) is 6. The Kier molecular flexibility index (Phi) is 16.6. The van der Waals surface area contributed by atoms with Crippen LogP contribution in [0, 0.1) is 11.6 Å². The number of furan rings is 3. The number of anilines is 3. The molecule has 3 aliphatic carbocycles. The van der Waals surface area contributed by atoms with E-state index in [1.54, 1.807) is 33.8 Å². The number of nitrogens with zero attached hydrogens (tertiary/aromatic N) is 3. The Bertz CT molecular complexity index is 4610. The predicted molar refractivity (Wildman–Crippen MR) is 358 cm³/mol. The van der Waals surface area contributed by atoms with Gasteiger partial charge in [-0.3, -0.25) is 14.7 Å². The molecule has 6 unspecified atom stereocenters. The fraction of sp³-hybridized carbons (Fsp3) is 0.535. The van der Waals surface area contributed by atoms with Gasteiger partial charge < -0.3 is 33.9 Å². The highest BCUT2D eigenvalue weighted by Gasteiger charge is 2.46. The summed E-state index contributed by atoms with van der Waals surface area (Å²) in [6.45, 7) is 11.7. The number of aryl methyl sites for hydroxylation is 1. The van der Waals surface area contributed by atoms with E-state index >= 15 is 8.78 Å². The summed E-state index contributed by atoms with van der Waals surface area (Å²) in [5, 5.41) is 7.30. The van der Waals surface area contributed by atoms with Gasteiger partial charge in [-0.1, -0.05) is 45.9 Å². The molecule has 6 atom stereocenters. The molecule has 5 fully saturated rings. The van der Waals surface area contributed by atoms with Crippen molar-refractivity contribution in [2.75, 3.05) is 55.3 Å². The Morgan fingerprint density at radius 1 is 0.469 bits per heavy atom. The van der Waals surface area contributed by atoms with Crippen molar-refractivity contribution in [3.8, 4) is 0 Å². The van der Waals surface area contributed by atoms with Gasteiger partial charge in [0, 0.05) is 126 Å². The maximum absolute atomic E-state index is 17.6. The SMILES string of the molecule is CC(C)c1c(F)c(C2CC3CCN2Cc2cc(S(=O)(=O)NC(=O)Nc4c(C5CCOCC5)cc(C5CC6CCN5Cc5cc(S(=O)(=O)NC(=O)Nc7c(C8CC8)ccc8c7CCC8)oc56)c5c4CCC5)oc23)c(F)c(C(C)C)c1NC(=O)NS(=O)(=O)c1cc2c(o1)C1CCN(CC1)C2. The topological polar surface area (TPSA) is 284 Å². The number of urea groups is 3. The second-order valence-corrected chi connectivity index (χ2v) is 34.3. The van der Waals surface area contributed by atoms with Crippen molar-refractivity contribution in [3.05, 3.63) is 138 Å². The number of amides is 6. The number of sulfonamides is 3. The molecule has 6 amide bonds. The summed E-state index contributed by atoms with van der Waals surface area (Å²) in [7, 11) is -13.6. The number of hydrogen-bond acceptors (Lipinski definition) is 16. The van der Waals surface area contributed by atoms with E-state index in [-0.39, 0.29) is 64.2 Å². The highest BCUT2D eigenvalue weighted by Crippen LogP contribution is 2.54. The minimum absolute atomic E-state index is 0.000623. The van der Waals surface area contributed by atoms with Crippen LogP contribution in [0.25, 0.3) is 0 Å². The van der Waals surface area contributed by atoms with Crippen LogP contribution >= 0.6 is 0 Å². The average Bonchev–Trinajstić information content (AvgIpc) is 1.40. The van der Waals surface area contributed by atoms with Crippen LogP contribution in [0.5, 0.6) is 0 Å². The number of benzene rings is 3. The molecule has 13 heterocycles. The molecule has 6 aromatic rings. The molecule has 6 N–H and O–H groups in total. The second kappa shape index (κ2) is 24.9. The molecule has 10 aliphatic heterocycles. The smallest absolute Gasteiger partial charge is 0.333 e.